The van der Waals surface area contributed by atoms with Gasteiger partial charge in [0.1, 0.15) is 5.75 Å². The number of methoxy groups -OCH3 is 1. The standard InChI is InChI=1S/C22H25NO4S/c1-26-19-8-5-16(6-9-19)11-12-23-21(24)14-27-22(25)15-28-20-10-7-17-3-2-4-18(17)13-20/h5-10,13H,2-4,11-12,14-15H2,1H3,(H,23,24). The SMILES string of the molecule is COc1ccc(CCNC(=O)COC(=O)CSc2ccc3c(c2)CCC3)cc1. The first-order valence-corrected chi connectivity index (χ1v) is 10.4. The summed E-state index contributed by atoms with van der Waals surface area (Å²) >= 11 is 1.45. The normalized spacial score (nSPS) is 12.3. The Hall–Kier alpha value is -2.47. The maximum atomic E-state index is 11.9. The molecule has 6 heteroatoms. The van der Waals surface area contributed by atoms with E-state index in [1.165, 1.54) is 29.3 Å². The van der Waals surface area contributed by atoms with Crippen LogP contribution in [-0.2, 0) is 33.6 Å². The number of hydrogen-bond donors (Lipinski definition) is 1. The minimum Gasteiger partial charge on any atom is -0.497 e. The summed E-state index contributed by atoms with van der Waals surface area (Å²) in [5, 5.41) is 2.76. The van der Waals surface area contributed by atoms with Crippen molar-refractivity contribution >= 4 is 23.6 Å². The lowest BCUT2D eigenvalue weighted by molar-refractivity contribution is -0.145. The minimum atomic E-state index is -0.379. The molecule has 5 nitrogen and oxygen atoms in total. The zero-order valence-electron chi connectivity index (χ0n) is 16.0. The maximum Gasteiger partial charge on any atom is 0.316 e. The number of benzene rings is 2. The number of hydrogen-bond acceptors (Lipinski definition) is 5. The van der Waals surface area contributed by atoms with Crippen molar-refractivity contribution in [2.45, 2.75) is 30.6 Å². The molecule has 0 aromatic heterocycles. The molecule has 0 aliphatic heterocycles. The minimum absolute atomic E-state index is 0.206. The molecule has 1 aliphatic carbocycles. The summed E-state index contributed by atoms with van der Waals surface area (Å²) in [5.74, 6) is 0.343. The van der Waals surface area contributed by atoms with Gasteiger partial charge in [0.25, 0.3) is 5.91 Å². The molecule has 0 unspecified atom stereocenters. The van der Waals surface area contributed by atoms with Gasteiger partial charge in [-0.1, -0.05) is 18.2 Å². The Balaban J connectivity index is 1.31. The van der Waals surface area contributed by atoms with Gasteiger partial charge in [0, 0.05) is 11.4 Å². The van der Waals surface area contributed by atoms with Gasteiger partial charge in [0.05, 0.1) is 12.9 Å². The van der Waals surface area contributed by atoms with Crippen molar-refractivity contribution in [2.75, 3.05) is 26.0 Å². The van der Waals surface area contributed by atoms with E-state index in [1.54, 1.807) is 7.11 Å². The van der Waals surface area contributed by atoms with Crippen LogP contribution < -0.4 is 10.1 Å². The topological polar surface area (TPSA) is 64.6 Å². The van der Waals surface area contributed by atoms with E-state index in [0.717, 1.165) is 29.1 Å². The highest BCUT2D eigenvalue weighted by Gasteiger charge is 2.12. The molecule has 0 spiro atoms. The lowest BCUT2D eigenvalue weighted by atomic mass is 10.1. The van der Waals surface area contributed by atoms with Crippen molar-refractivity contribution in [3.63, 3.8) is 0 Å². The number of carbonyl (C=O) groups excluding carboxylic acids is 2. The Bertz CT molecular complexity index is 820. The number of amides is 1. The second-order valence-corrected chi connectivity index (χ2v) is 7.73. The number of ether oxygens (including phenoxy) is 2. The average molecular weight is 400 g/mol. The molecule has 0 atom stereocenters. The van der Waals surface area contributed by atoms with Crippen molar-refractivity contribution in [3.8, 4) is 5.75 Å². The number of esters is 1. The summed E-state index contributed by atoms with van der Waals surface area (Å²) in [7, 11) is 1.63. The van der Waals surface area contributed by atoms with E-state index in [4.69, 9.17) is 9.47 Å². The van der Waals surface area contributed by atoms with Gasteiger partial charge >= 0.3 is 5.97 Å². The van der Waals surface area contributed by atoms with Gasteiger partial charge in [-0.25, -0.2) is 0 Å². The van der Waals surface area contributed by atoms with E-state index < -0.39 is 0 Å². The second kappa shape index (κ2) is 10.2. The van der Waals surface area contributed by atoms with Crippen molar-refractivity contribution in [1.29, 1.82) is 0 Å². The third kappa shape index (κ3) is 6.02. The molecule has 1 aliphatic rings. The van der Waals surface area contributed by atoms with Gasteiger partial charge in [-0.3, -0.25) is 9.59 Å². The lowest BCUT2D eigenvalue weighted by Crippen LogP contribution is -2.30. The van der Waals surface area contributed by atoms with E-state index in [0.29, 0.717) is 13.0 Å². The van der Waals surface area contributed by atoms with Gasteiger partial charge in [0.15, 0.2) is 6.61 Å². The summed E-state index contributed by atoms with van der Waals surface area (Å²) in [6, 6.07) is 14.0. The molecule has 0 heterocycles. The summed E-state index contributed by atoms with van der Waals surface area (Å²) in [4.78, 5) is 24.8. The van der Waals surface area contributed by atoms with Crippen molar-refractivity contribution in [3.05, 3.63) is 59.2 Å². The molecule has 148 valence electrons. The first-order chi connectivity index (χ1) is 13.6. The molecular weight excluding hydrogens is 374 g/mol. The van der Waals surface area contributed by atoms with E-state index in [9.17, 15) is 9.59 Å². The zero-order chi connectivity index (χ0) is 19.8. The summed E-state index contributed by atoms with van der Waals surface area (Å²) in [6.07, 6.45) is 4.18. The van der Waals surface area contributed by atoms with Crippen LogP contribution in [0.15, 0.2) is 47.4 Å². The van der Waals surface area contributed by atoms with Crippen molar-refractivity contribution in [2.24, 2.45) is 0 Å². The highest BCUT2D eigenvalue weighted by atomic mass is 32.2. The quantitative estimate of drug-likeness (QED) is 0.518. The van der Waals surface area contributed by atoms with Gasteiger partial charge in [-0.15, -0.1) is 11.8 Å². The molecule has 0 saturated carbocycles. The number of nitrogens with one attached hydrogen (secondary N) is 1. The molecule has 2 aromatic carbocycles. The predicted molar refractivity (Wildman–Crippen MR) is 110 cm³/mol. The van der Waals surface area contributed by atoms with Gasteiger partial charge in [-0.05, 0) is 66.6 Å². The Morgan fingerprint density at radius 2 is 1.86 bits per heavy atom. The number of thioether (sulfide) groups is 1. The lowest BCUT2D eigenvalue weighted by Gasteiger charge is -2.08. The number of fused-ring (bicyclic) bond motifs is 1. The molecule has 0 saturated heterocycles. The fraction of sp³-hybridized carbons (Fsp3) is 0.364. The van der Waals surface area contributed by atoms with Crippen LogP contribution in [0.25, 0.3) is 0 Å². The predicted octanol–water partition coefficient (Wildman–Crippen LogP) is 3.18. The first-order valence-electron chi connectivity index (χ1n) is 9.44. The van der Waals surface area contributed by atoms with Gasteiger partial charge in [-0.2, -0.15) is 0 Å². The van der Waals surface area contributed by atoms with Crippen LogP contribution in [0.1, 0.15) is 23.1 Å². The Morgan fingerprint density at radius 3 is 2.64 bits per heavy atom. The molecule has 0 fully saturated rings. The molecule has 28 heavy (non-hydrogen) atoms. The Kier molecular flexibility index (Phi) is 7.37. The second-order valence-electron chi connectivity index (χ2n) is 6.68. The molecular formula is C22H25NO4S. The van der Waals surface area contributed by atoms with E-state index in [1.807, 2.05) is 30.3 Å². The van der Waals surface area contributed by atoms with Gasteiger partial charge < -0.3 is 14.8 Å². The average Bonchev–Trinajstić information content (AvgIpc) is 3.19. The number of carbonyl (C=O) groups is 2. The first kappa shape index (κ1) is 20.3. The third-order valence-electron chi connectivity index (χ3n) is 4.69. The molecule has 3 rings (SSSR count). The van der Waals surface area contributed by atoms with Crippen molar-refractivity contribution < 1.29 is 19.1 Å². The van der Waals surface area contributed by atoms with E-state index in [-0.39, 0.29) is 24.2 Å². The fourth-order valence-corrected chi connectivity index (χ4v) is 3.92. The van der Waals surface area contributed by atoms with Crippen LogP contribution in [0, 0.1) is 0 Å². The van der Waals surface area contributed by atoms with Crippen LogP contribution in [0.3, 0.4) is 0 Å². The van der Waals surface area contributed by atoms with Crippen molar-refractivity contribution in [1.82, 2.24) is 5.32 Å². The summed E-state index contributed by atoms with van der Waals surface area (Å²) in [5.41, 5.74) is 3.90. The maximum absolute atomic E-state index is 11.9. The molecule has 0 radical (unpaired) electrons. The Morgan fingerprint density at radius 1 is 1.07 bits per heavy atom. The summed E-state index contributed by atoms with van der Waals surface area (Å²) in [6.45, 7) is 0.249. The van der Waals surface area contributed by atoms with Crippen LogP contribution in [0.5, 0.6) is 5.75 Å². The third-order valence-corrected chi connectivity index (χ3v) is 5.65. The summed E-state index contributed by atoms with van der Waals surface area (Å²) < 4.78 is 10.2. The zero-order valence-corrected chi connectivity index (χ0v) is 16.8. The molecule has 1 N–H and O–H groups in total. The monoisotopic (exact) mass is 399 g/mol. The molecule has 0 bridgehead atoms. The fourth-order valence-electron chi connectivity index (χ4n) is 3.16. The van der Waals surface area contributed by atoms with E-state index in [2.05, 4.69) is 17.4 Å². The number of rotatable bonds is 9. The van der Waals surface area contributed by atoms with Crippen LogP contribution in [0.2, 0.25) is 0 Å². The number of aryl methyl sites for hydroxylation is 2. The van der Waals surface area contributed by atoms with Crippen LogP contribution >= 0.6 is 11.8 Å². The highest BCUT2D eigenvalue weighted by molar-refractivity contribution is 8.00. The molecule has 2 aromatic rings. The van der Waals surface area contributed by atoms with Gasteiger partial charge in [0.2, 0.25) is 0 Å². The smallest absolute Gasteiger partial charge is 0.316 e. The molecule has 1 amide bonds. The van der Waals surface area contributed by atoms with Crippen LogP contribution in [-0.4, -0.2) is 37.9 Å². The largest absolute Gasteiger partial charge is 0.497 e. The van der Waals surface area contributed by atoms with Crippen LogP contribution in [0.4, 0.5) is 0 Å². The Labute approximate surface area is 169 Å². The highest BCUT2D eigenvalue weighted by Crippen LogP contribution is 2.27. The van der Waals surface area contributed by atoms with E-state index >= 15 is 0 Å².